The van der Waals surface area contributed by atoms with E-state index in [0.29, 0.717) is 18.8 Å². The van der Waals surface area contributed by atoms with Crippen LogP contribution in [-0.4, -0.2) is 44.2 Å². The second-order valence-corrected chi connectivity index (χ2v) is 7.92. The topological polar surface area (TPSA) is 63.2 Å². The van der Waals surface area contributed by atoms with Gasteiger partial charge in [0.2, 0.25) is 0 Å². The first-order valence-corrected chi connectivity index (χ1v) is 10.0. The van der Waals surface area contributed by atoms with Gasteiger partial charge in [-0.15, -0.1) is 11.3 Å². The Balaban J connectivity index is 1.52. The Kier molecular flexibility index (Phi) is 6.77. The summed E-state index contributed by atoms with van der Waals surface area (Å²) in [6.45, 7) is 3.26. The molecule has 0 spiro atoms. The Hall–Kier alpha value is -1.76. The normalized spacial score (nSPS) is 16.3. The minimum absolute atomic E-state index is 0.0296. The van der Waals surface area contributed by atoms with E-state index in [-0.39, 0.29) is 11.3 Å². The van der Waals surface area contributed by atoms with E-state index in [4.69, 9.17) is 4.74 Å². The van der Waals surface area contributed by atoms with Crippen molar-refractivity contribution in [3.05, 3.63) is 52.0 Å². The maximum absolute atomic E-state index is 12.5. The van der Waals surface area contributed by atoms with Crippen molar-refractivity contribution in [2.45, 2.75) is 25.7 Å². The Morgan fingerprint density at radius 3 is 2.77 bits per heavy atom. The lowest BCUT2D eigenvalue weighted by Gasteiger charge is -2.37. The zero-order valence-electron chi connectivity index (χ0n) is 15.3. The molecular weight excluding hydrogens is 346 g/mol. The van der Waals surface area contributed by atoms with Crippen molar-refractivity contribution in [1.29, 1.82) is 0 Å². The summed E-state index contributed by atoms with van der Waals surface area (Å²) in [4.78, 5) is 17.0. The third kappa shape index (κ3) is 5.13. The molecule has 1 saturated heterocycles. The molecule has 3 rings (SSSR count). The summed E-state index contributed by atoms with van der Waals surface area (Å²) in [5, 5.41) is 9.32. The quantitative estimate of drug-likeness (QED) is 0.747. The molecule has 140 valence electrons. The number of hydrogen-bond acceptors (Lipinski definition) is 5. The molecule has 1 aromatic heterocycles. The first kappa shape index (κ1) is 19.0. The summed E-state index contributed by atoms with van der Waals surface area (Å²) in [6.07, 6.45) is 3.83. The van der Waals surface area contributed by atoms with Crippen molar-refractivity contribution in [2.24, 2.45) is 5.41 Å². The second-order valence-electron chi connectivity index (χ2n) is 6.98. The molecule has 0 radical (unpaired) electrons. The molecule has 0 unspecified atom stereocenters. The summed E-state index contributed by atoms with van der Waals surface area (Å²) in [5.74, 6) is -0.0822. The molecule has 1 fully saturated rings. The van der Waals surface area contributed by atoms with Gasteiger partial charge in [-0.2, -0.15) is 0 Å². The number of methoxy groups -OCH3 is 1. The molecule has 1 aliphatic rings. The summed E-state index contributed by atoms with van der Waals surface area (Å²) in [6, 6.07) is 10.4. The van der Waals surface area contributed by atoms with Gasteiger partial charge in [-0.3, -0.25) is 4.79 Å². The van der Waals surface area contributed by atoms with Crippen molar-refractivity contribution < 1.29 is 9.53 Å². The minimum atomic E-state index is -0.0822. The first-order chi connectivity index (χ1) is 12.7. The van der Waals surface area contributed by atoms with Crippen molar-refractivity contribution in [1.82, 2.24) is 15.6 Å². The number of amides is 1. The van der Waals surface area contributed by atoms with Gasteiger partial charge in [0, 0.05) is 30.9 Å². The molecule has 1 aromatic carbocycles. The smallest absolute Gasteiger partial charge is 0.270 e. The molecule has 5 nitrogen and oxygen atoms in total. The third-order valence-electron chi connectivity index (χ3n) is 4.99. The second kappa shape index (κ2) is 9.26. The lowest BCUT2D eigenvalue weighted by atomic mass is 9.79. The van der Waals surface area contributed by atoms with Gasteiger partial charge in [-0.1, -0.05) is 30.3 Å². The molecule has 1 aliphatic heterocycles. The lowest BCUT2D eigenvalue weighted by Crippen LogP contribution is -2.47. The average molecular weight is 374 g/mol. The van der Waals surface area contributed by atoms with E-state index in [1.165, 1.54) is 5.56 Å². The number of aryl methyl sites for hydroxylation is 2. The molecule has 0 saturated carbocycles. The van der Waals surface area contributed by atoms with Crippen LogP contribution in [0.4, 0.5) is 0 Å². The van der Waals surface area contributed by atoms with E-state index >= 15 is 0 Å². The van der Waals surface area contributed by atoms with Gasteiger partial charge < -0.3 is 15.4 Å². The largest absolute Gasteiger partial charge is 0.384 e. The molecule has 0 aliphatic carbocycles. The van der Waals surface area contributed by atoms with Crippen LogP contribution < -0.4 is 10.6 Å². The summed E-state index contributed by atoms with van der Waals surface area (Å²) in [7, 11) is 1.73. The Morgan fingerprint density at radius 1 is 1.27 bits per heavy atom. The highest BCUT2D eigenvalue weighted by Crippen LogP contribution is 2.28. The van der Waals surface area contributed by atoms with Crippen LogP contribution in [0.1, 0.15) is 33.9 Å². The highest BCUT2D eigenvalue weighted by molar-refractivity contribution is 7.09. The monoisotopic (exact) mass is 373 g/mol. The van der Waals surface area contributed by atoms with Crippen LogP contribution in [0.2, 0.25) is 0 Å². The highest BCUT2D eigenvalue weighted by Gasteiger charge is 2.32. The average Bonchev–Trinajstić information content (AvgIpc) is 3.16. The van der Waals surface area contributed by atoms with E-state index in [9.17, 15) is 4.79 Å². The number of carbonyl (C=O) groups is 1. The van der Waals surface area contributed by atoms with Gasteiger partial charge in [0.15, 0.2) is 0 Å². The van der Waals surface area contributed by atoms with Crippen LogP contribution in [0.3, 0.4) is 0 Å². The van der Waals surface area contributed by atoms with Crippen LogP contribution in [0.5, 0.6) is 0 Å². The number of piperidine rings is 1. The van der Waals surface area contributed by atoms with Crippen LogP contribution in [-0.2, 0) is 17.6 Å². The number of nitrogens with one attached hydrogen (secondary N) is 2. The molecule has 2 aromatic rings. The van der Waals surface area contributed by atoms with Gasteiger partial charge in [0.25, 0.3) is 5.91 Å². The Bertz CT molecular complexity index is 691. The predicted molar refractivity (Wildman–Crippen MR) is 105 cm³/mol. The molecule has 2 N–H and O–H groups in total. The maximum atomic E-state index is 12.5. The zero-order valence-corrected chi connectivity index (χ0v) is 16.1. The van der Waals surface area contributed by atoms with Crippen molar-refractivity contribution in [3.8, 4) is 0 Å². The Morgan fingerprint density at radius 2 is 2.04 bits per heavy atom. The summed E-state index contributed by atoms with van der Waals surface area (Å²) in [5.41, 5.74) is 1.85. The molecule has 0 atom stereocenters. The molecule has 26 heavy (non-hydrogen) atoms. The van der Waals surface area contributed by atoms with E-state index in [2.05, 4.69) is 27.8 Å². The Labute approximate surface area is 159 Å². The number of rotatable bonds is 8. The van der Waals surface area contributed by atoms with Crippen LogP contribution in [0, 0.1) is 5.41 Å². The van der Waals surface area contributed by atoms with Gasteiger partial charge in [-0.25, -0.2) is 4.98 Å². The zero-order chi connectivity index (χ0) is 18.2. The van der Waals surface area contributed by atoms with Crippen molar-refractivity contribution in [2.75, 3.05) is 33.4 Å². The third-order valence-corrected chi connectivity index (χ3v) is 5.90. The van der Waals surface area contributed by atoms with E-state index < -0.39 is 0 Å². The van der Waals surface area contributed by atoms with Gasteiger partial charge in [0.05, 0.1) is 11.6 Å². The number of benzene rings is 1. The molecule has 1 amide bonds. The predicted octanol–water partition coefficient (Wildman–Crippen LogP) is 2.67. The lowest BCUT2D eigenvalue weighted by molar-refractivity contribution is 0.0511. The fourth-order valence-corrected chi connectivity index (χ4v) is 4.20. The molecular formula is C20H27N3O2S. The summed E-state index contributed by atoms with van der Waals surface area (Å²) >= 11 is 1.56. The van der Waals surface area contributed by atoms with Crippen LogP contribution in [0.25, 0.3) is 0 Å². The number of nitrogens with zero attached hydrogens (tertiary/aromatic N) is 1. The fourth-order valence-electron chi connectivity index (χ4n) is 3.42. The minimum Gasteiger partial charge on any atom is -0.384 e. The number of thiazole rings is 1. The van der Waals surface area contributed by atoms with Crippen molar-refractivity contribution in [3.63, 3.8) is 0 Å². The number of aromatic nitrogens is 1. The standard InChI is InChI=1S/C20H27N3O2S/c1-25-15-20(9-11-21-12-10-20)14-22-19(24)17-13-26-18(23-17)8-7-16-5-3-2-4-6-16/h2-6,13,21H,7-12,14-15H2,1H3,(H,22,24). The van der Waals surface area contributed by atoms with Crippen molar-refractivity contribution >= 4 is 17.2 Å². The van der Waals surface area contributed by atoms with Crippen LogP contribution in [0.15, 0.2) is 35.7 Å². The summed E-state index contributed by atoms with van der Waals surface area (Å²) < 4.78 is 5.41. The van der Waals surface area contributed by atoms with E-state index in [0.717, 1.165) is 43.8 Å². The number of ether oxygens (including phenoxy) is 1. The van der Waals surface area contributed by atoms with E-state index in [1.807, 2.05) is 23.6 Å². The first-order valence-electron chi connectivity index (χ1n) is 9.17. The molecule has 0 bridgehead atoms. The number of carbonyl (C=O) groups excluding carboxylic acids is 1. The molecule has 2 heterocycles. The van der Waals surface area contributed by atoms with Gasteiger partial charge >= 0.3 is 0 Å². The highest BCUT2D eigenvalue weighted by atomic mass is 32.1. The van der Waals surface area contributed by atoms with Crippen LogP contribution >= 0.6 is 11.3 Å². The van der Waals surface area contributed by atoms with Gasteiger partial charge in [0.1, 0.15) is 5.69 Å². The number of hydrogen-bond donors (Lipinski definition) is 2. The SMILES string of the molecule is COCC1(CNC(=O)c2csc(CCc3ccccc3)n2)CCNCC1. The van der Waals surface area contributed by atoms with E-state index in [1.54, 1.807) is 18.4 Å². The molecule has 6 heteroatoms. The van der Waals surface area contributed by atoms with Gasteiger partial charge in [-0.05, 0) is 37.9 Å². The fraction of sp³-hybridized carbons (Fsp3) is 0.500. The maximum Gasteiger partial charge on any atom is 0.270 e.